The third-order valence-corrected chi connectivity index (χ3v) is 5.46. The quantitative estimate of drug-likeness (QED) is 0.430. The van der Waals surface area contributed by atoms with E-state index in [1.807, 2.05) is 13.0 Å². The van der Waals surface area contributed by atoms with Crippen molar-refractivity contribution < 1.29 is 13.2 Å². The molecule has 4 aromatic rings. The molecule has 4 rings (SSSR count). The van der Waals surface area contributed by atoms with E-state index in [9.17, 15) is 18.0 Å². The SMILES string of the molecule is Cc1ccc2nc(CSc3ncc(-c4ccccc4)n3CC(F)(F)F)cc(=O)n2c1. The van der Waals surface area contributed by atoms with Crippen molar-refractivity contribution in [2.45, 2.75) is 30.6 Å². The van der Waals surface area contributed by atoms with Crippen LogP contribution in [0.2, 0.25) is 0 Å². The zero-order chi connectivity index (χ0) is 21.3. The van der Waals surface area contributed by atoms with E-state index in [0.29, 0.717) is 22.6 Å². The van der Waals surface area contributed by atoms with Crippen molar-refractivity contribution >= 4 is 17.4 Å². The number of fused-ring (bicyclic) bond motifs is 1. The second-order valence-corrected chi connectivity index (χ2v) is 7.74. The lowest BCUT2D eigenvalue weighted by molar-refractivity contribution is -0.141. The van der Waals surface area contributed by atoms with E-state index in [0.717, 1.165) is 21.9 Å². The second kappa shape index (κ2) is 7.98. The topological polar surface area (TPSA) is 52.2 Å². The number of hydrogen-bond acceptors (Lipinski definition) is 4. The Hall–Kier alpha value is -3.07. The van der Waals surface area contributed by atoms with Crippen LogP contribution in [0.3, 0.4) is 0 Å². The summed E-state index contributed by atoms with van der Waals surface area (Å²) < 4.78 is 42.2. The summed E-state index contributed by atoms with van der Waals surface area (Å²) in [6, 6.07) is 13.8. The first kappa shape index (κ1) is 20.2. The Bertz CT molecular complexity index is 1250. The molecule has 0 bridgehead atoms. The number of pyridine rings is 1. The largest absolute Gasteiger partial charge is 0.406 e. The zero-order valence-electron chi connectivity index (χ0n) is 15.9. The fourth-order valence-corrected chi connectivity index (χ4v) is 3.99. The normalized spacial score (nSPS) is 11.9. The van der Waals surface area contributed by atoms with Gasteiger partial charge in [-0.2, -0.15) is 13.2 Å². The van der Waals surface area contributed by atoms with Crippen molar-refractivity contribution in [3.05, 3.63) is 82.5 Å². The molecule has 0 aliphatic rings. The van der Waals surface area contributed by atoms with E-state index in [-0.39, 0.29) is 16.5 Å². The van der Waals surface area contributed by atoms with Gasteiger partial charge in [0.25, 0.3) is 5.56 Å². The lowest BCUT2D eigenvalue weighted by Crippen LogP contribution is -2.19. The van der Waals surface area contributed by atoms with Crippen LogP contribution in [0.25, 0.3) is 16.9 Å². The van der Waals surface area contributed by atoms with Gasteiger partial charge in [-0.3, -0.25) is 9.20 Å². The van der Waals surface area contributed by atoms with Crippen molar-refractivity contribution in [2.24, 2.45) is 0 Å². The number of thioether (sulfide) groups is 1. The summed E-state index contributed by atoms with van der Waals surface area (Å²) >= 11 is 1.12. The molecular formula is C21H17F3N4OS. The molecule has 0 radical (unpaired) electrons. The molecule has 0 atom stereocenters. The lowest BCUT2D eigenvalue weighted by atomic mass is 10.2. The van der Waals surface area contributed by atoms with Crippen LogP contribution in [0.15, 0.2) is 70.9 Å². The number of hydrogen-bond donors (Lipinski definition) is 0. The van der Waals surface area contributed by atoms with Gasteiger partial charge in [0.2, 0.25) is 0 Å². The Labute approximate surface area is 174 Å². The number of rotatable bonds is 5. The molecule has 0 spiro atoms. The average Bonchev–Trinajstić information content (AvgIpc) is 3.08. The van der Waals surface area contributed by atoms with Crippen molar-refractivity contribution in [2.75, 3.05) is 0 Å². The van der Waals surface area contributed by atoms with Gasteiger partial charge in [0.05, 0.1) is 17.6 Å². The van der Waals surface area contributed by atoms with Gasteiger partial charge >= 0.3 is 6.18 Å². The molecule has 0 aliphatic heterocycles. The van der Waals surface area contributed by atoms with Crippen LogP contribution in [0.5, 0.6) is 0 Å². The van der Waals surface area contributed by atoms with Crippen LogP contribution >= 0.6 is 11.8 Å². The molecular weight excluding hydrogens is 413 g/mol. The maximum absolute atomic E-state index is 13.2. The Morgan fingerprint density at radius 1 is 1.10 bits per heavy atom. The molecule has 154 valence electrons. The standard InChI is InChI=1S/C21H17F3N4OS/c1-14-7-8-18-26-16(9-19(29)27(18)11-14)12-30-20-25-10-17(15-5-3-2-4-6-15)28(20)13-21(22,23)24/h2-11H,12-13H2,1H3. The molecule has 0 fully saturated rings. The molecule has 0 amide bonds. The van der Waals surface area contributed by atoms with Crippen molar-refractivity contribution in [3.8, 4) is 11.3 Å². The van der Waals surface area contributed by atoms with Crippen LogP contribution in [0.1, 0.15) is 11.3 Å². The highest BCUT2D eigenvalue weighted by Crippen LogP contribution is 2.31. The maximum Gasteiger partial charge on any atom is 0.406 e. The molecule has 0 saturated heterocycles. The van der Waals surface area contributed by atoms with Crippen LogP contribution in [0.4, 0.5) is 13.2 Å². The van der Waals surface area contributed by atoms with Crippen LogP contribution in [-0.2, 0) is 12.3 Å². The second-order valence-electron chi connectivity index (χ2n) is 6.80. The molecule has 0 N–H and O–H groups in total. The van der Waals surface area contributed by atoms with Gasteiger partial charge in [0.15, 0.2) is 5.16 Å². The first-order chi connectivity index (χ1) is 14.3. The first-order valence-corrected chi connectivity index (χ1v) is 10.1. The van der Waals surface area contributed by atoms with Crippen LogP contribution < -0.4 is 5.56 Å². The number of halogens is 3. The van der Waals surface area contributed by atoms with Gasteiger partial charge in [-0.05, 0) is 24.1 Å². The summed E-state index contributed by atoms with van der Waals surface area (Å²) in [5.41, 5.74) is 2.71. The monoisotopic (exact) mass is 430 g/mol. The van der Waals surface area contributed by atoms with Gasteiger partial charge in [-0.25, -0.2) is 9.97 Å². The predicted octanol–water partition coefficient (Wildman–Crippen LogP) is 4.72. The highest BCUT2D eigenvalue weighted by Gasteiger charge is 2.30. The van der Waals surface area contributed by atoms with E-state index in [1.165, 1.54) is 16.7 Å². The minimum absolute atomic E-state index is 0.220. The molecule has 9 heteroatoms. The smallest absolute Gasteiger partial charge is 0.310 e. The number of benzene rings is 1. The molecule has 0 unspecified atom stereocenters. The van der Waals surface area contributed by atoms with Gasteiger partial charge < -0.3 is 4.57 Å². The predicted molar refractivity (Wildman–Crippen MR) is 109 cm³/mol. The van der Waals surface area contributed by atoms with Crippen molar-refractivity contribution in [3.63, 3.8) is 0 Å². The van der Waals surface area contributed by atoms with Gasteiger partial charge in [0.1, 0.15) is 12.2 Å². The number of nitrogens with zero attached hydrogens (tertiary/aromatic N) is 4. The first-order valence-electron chi connectivity index (χ1n) is 9.09. The van der Waals surface area contributed by atoms with E-state index < -0.39 is 12.7 Å². The Kier molecular flexibility index (Phi) is 5.38. The Morgan fingerprint density at radius 3 is 2.60 bits per heavy atom. The third kappa shape index (κ3) is 4.40. The number of alkyl halides is 3. The van der Waals surface area contributed by atoms with Crippen molar-refractivity contribution in [1.82, 2.24) is 18.9 Å². The maximum atomic E-state index is 13.2. The van der Waals surface area contributed by atoms with Crippen molar-refractivity contribution in [1.29, 1.82) is 0 Å². The number of aromatic nitrogens is 4. The van der Waals surface area contributed by atoms with Gasteiger partial charge in [-0.15, -0.1) is 0 Å². The lowest BCUT2D eigenvalue weighted by Gasteiger charge is -2.14. The summed E-state index contributed by atoms with van der Waals surface area (Å²) in [6.45, 7) is 0.729. The molecule has 0 aliphatic carbocycles. The fraction of sp³-hybridized carbons (Fsp3) is 0.190. The summed E-state index contributed by atoms with van der Waals surface area (Å²) in [5, 5.41) is 0.220. The van der Waals surface area contributed by atoms with E-state index >= 15 is 0 Å². The van der Waals surface area contributed by atoms with Gasteiger partial charge in [-0.1, -0.05) is 48.2 Å². The summed E-state index contributed by atoms with van der Waals surface area (Å²) in [6.07, 6.45) is -1.25. The summed E-state index contributed by atoms with van der Waals surface area (Å²) in [5.74, 6) is 0.225. The number of aryl methyl sites for hydroxylation is 1. The molecule has 0 saturated carbocycles. The zero-order valence-corrected chi connectivity index (χ0v) is 16.7. The molecule has 3 aromatic heterocycles. The minimum Gasteiger partial charge on any atom is -0.310 e. The third-order valence-electron chi connectivity index (χ3n) is 4.44. The molecule has 1 aromatic carbocycles. The Morgan fingerprint density at radius 2 is 1.87 bits per heavy atom. The minimum atomic E-state index is -4.39. The van der Waals surface area contributed by atoms with Crippen LogP contribution in [0, 0.1) is 6.92 Å². The van der Waals surface area contributed by atoms with Gasteiger partial charge in [0, 0.05) is 18.0 Å². The molecule has 30 heavy (non-hydrogen) atoms. The Balaban J connectivity index is 1.65. The fourth-order valence-electron chi connectivity index (χ4n) is 3.12. The van der Waals surface area contributed by atoms with E-state index in [4.69, 9.17) is 0 Å². The highest BCUT2D eigenvalue weighted by atomic mass is 32.2. The average molecular weight is 430 g/mol. The summed E-state index contributed by atoms with van der Waals surface area (Å²) in [4.78, 5) is 21.0. The highest BCUT2D eigenvalue weighted by molar-refractivity contribution is 7.98. The number of imidazole rings is 1. The van der Waals surface area contributed by atoms with E-state index in [2.05, 4.69) is 9.97 Å². The molecule has 5 nitrogen and oxygen atoms in total. The molecule has 3 heterocycles. The van der Waals surface area contributed by atoms with Crippen LogP contribution in [-0.4, -0.2) is 25.1 Å². The van der Waals surface area contributed by atoms with E-state index in [1.54, 1.807) is 42.6 Å². The summed E-state index contributed by atoms with van der Waals surface area (Å²) in [7, 11) is 0.